The number of rotatable bonds is 2. The van der Waals surface area contributed by atoms with E-state index in [9.17, 15) is 10.2 Å². The van der Waals surface area contributed by atoms with Gasteiger partial charge >= 0.3 is 0 Å². The molecule has 0 saturated heterocycles. The van der Waals surface area contributed by atoms with Gasteiger partial charge in [-0.15, -0.1) is 0 Å². The van der Waals surface area contributed by atoms with E-state index in [-0.39, 0.29) is 17.2 Å². The van der Waals surface area contributed by atoms with Gasteiger partial charge in [0.15, 0.2) is 0 Å². The van der Waals surface area contributed by atoms with Crippen molar-refractivity contribution < 1.29 is 10.2 Å². The number of anilines is 1. The molecule has 0 atom stereocenters. The molecule has 2 aromatic rings. The van der Waals surface area contributed by atoms with Crippen LogP contribution >= 0.6 is 0 Å². The fourth-order valence-corrected chi connectivity index (χ4v) is 1.65. The van der Waals surface area contributed by atoms with Crippen LogP contribution in [0, 0.1) is 0 Å². The van der Waals surface area contributed by atoms with E-state index in [0.29, 0.717) is 12.0 Å². The summed E-state index contributed by atoms with van der Waals surface area (Å²) in [5, 5.41) is 19.2. The van der Waals surface area contributed by atoms with E-state index < -0.39 is 0 Å². The Morgan fingerprint density at radius 1 is 1.00 bits per heavy atom. The molecule has 2 aromatic carbocycles. The predicted molar refractivity (Wildman–Crippen MR) is 63.4 cm³/mol. The lowest BCUT2D eigenvalue weighted by Crippen LogP contribution is -1.93. The summed E-state index contributed by atoms with van der Waals surface area (Å²) < 4.78 is 0. The molecule has 3 heteroatoms. The number of phenols is 2. The zero-order chi connectivity index (χ0) is 11.5. The highest BCUT2D eigenvalue weighted by molar-refractivity contribution is 5.60. The fourth-order valence-electron chi connectivity index (χ4n) is 1.65. The average Bonchev–Trinajstić information content (AvgIpc) is 2.27. The minimum Gasteiger partial charge on any atom is -0.508 e. The van der Waals surface area contributed by atoms with Gasteiger partial charge in [0.2, 0.25) is 0 Å². The normalized spacial score (nSPS) is 10.2. The number of hydrogen-bond acceptors (Lipinski definition) is 3. The molecule has 0 fully saturated rings. The lowest BCUT2D eigenvalue weighted by atomic mass is 10.0. The first-order valence-corrected chi connectivity index (χ1v) is 5.01. The quantitative estimate of drug-likeness (QED) is 0.409. The Kier molecular flexibility index (Phi) is 2.68. The topological polar surface area (TPSA) is 66.5 Å². The molecule has 0 aliphatic rings. The van der Waals surface area contributed by atoms with Gasteiger partial charge in [-0.25, -0.2) is 0 Å². The number of nitrogen functional groups attached to an aromatic ring is 1. The smallest absolute Gasteiger partial charge is 0.142 e. The third kappa shape index (κ3) is 2.08. The van der Waals surface area contributed by atoms with E-state index in [2.05, 4.69) is 0 Å². The van der Waals surface area contributed by atoms with Crippen molar-refractivity contribution in [2.45, 2.75) is 6.42 Å². The number of benzene rings is 2. The van der Waals surface area contributed by atoms with Crippen molar-refractivity contribution in [2.24, 2.45) is 0 Å². The van der Waals surface area contributed by atoms with Crippen molar-refractivity contribution in [1.82, 2.24) is 0 Å². The second-order valence-corrected chi connectivity index (χ2v) is 3.71. The van der Waals surface area contributed by atoms with Gasteiger partial charge in [-0.1, -0.05) is 30.3 Å². The molecular formula is C13H13NO2. The zero-order valence-electron chi connectivity index (χ0n) is 8.72. The van der Waals surface area contributed by atoms with Crippen molar-refractivity contribution in [2.75, 3.05) is 5.73 Å². The van der Waals surface area contributed by atoms with E-state index in [4.69, 9.17) is 5.73 Å². The van der Waals surface area contributed by atoms with E-state index in [1.54, 1.807) is 0 Å². The van der Waals surface area contributed by atoms with Crippen LogP contribution in [0.1, 0.15) is 11.1 Å². The standard InChI is InChI=1S/C13H13NO2/c14-12-8-11(15)7-10(13(12)16)6-9-4-2-1-3-5-9/h1-5,7-8,15-16H,6,14H2. The van der Waals surface area contributed by atoms with Crippen LogP contribution in [0.15, 0.2) is 42.5 Å². The summed E-state index contributed by atoms with van der Waals surface area (Å²) in [6, 6.07) is 12.6. The third-order valence-corrected chi connectivity index (χ3v) is 2.44. The molecule has 0 aliphatic carbocycles. The molecule has 16 heavy (non-hydrogen) atoms. The van der Waals surface area contributed by atoms with Crippen LogP contribution in [0.3, 0.4) is 0 Å². The molecule has 0 radical (unpaired) electrons. The van der Waals surface area contributed by atoms with Crippen LogP contribution in [-0.2, 0) is 6.42 Å². The summed E-state index contributed by atoms with van der Waals surface area (Å²) in [5.41, 5.74) is 7.45. The first-order chi connectivity index (χ1) is 7.66. The molecule has 0 saturated carbocycles. The van der Waals surface area contributed by atoms with Crippen molar-refractivity contribution in [1.29, 1.82) is 0 Å². The lowest BCUT2D eigenvalue weighted by Gasteiger charge is -2.08. The van der Waals surface area contributed by atoms with Crippen molar-refractivity contribution >= 4 is 5.69 Å². The minimum absolute atomic E-state index is 0.0432. The zero-order valence-corrected chi connectivity index (χ0v) is 8.72. The SMILES string of the molecule is Nc1cc(O)cc(Cc2ccccc2)c1O. The number of aromatic hydroxyl groups is 2. The lowest BCUT2D eigenvalue weighted by molar-refractivity contribution is 0.458. The van der Waals surface area contributed by atoms with Crippen molar-refractivity contribution in [3.63, 3.8) is 0 Å². The fraction of sp³-hybridized carbons (Fsp3) is 0.0769. The summed E-state index contributed by atoms with van der Waals surface area (Å²) >= 11 is 0. The highest BCUT2D eigenvalue weighted by Gasteiger charge is 2.07. The highest BCUT2D eigenvalue weighted by Crippen LogP contribution is 2.31. The molecule has 82 valence electrons. The van der Waals surface area contributed by atoms with Gasteiger partial charge in [-0.3, -0.25) is 0 Å². The van der Waals surface area contributed by atoms with Crippen molar-refractivity contribution in [3.8, 4) is 11.5 Å². The molecule has 0 aliphatic heterocycles. The van der Waals surface area contributed by atoms with E-state index in [1.165, 1.54) is 12.1 Å². The van der Waals surface area contributed by atoms with Crippen LogP contribution in [0.25, 0.3) is 0 Å². The van der Waals surface area contributed by atoms with Gasteiger partial charge in [0.1, 0.15) is 11.5 Å². The summed E-state index contributed by atoms with van der Waals surface area (Å²) in [5.74, 6) is 0.114. The number of nitrogens with two attached hydrogens (primary N) is 1. The van der Waals surface area contributed by atoms with Gasteiger partial charge in [-0.2, -0.15) is 0 Å². The van der Waals surface area contributed by atoms with Crippen LogP contribution < -0.4 is 5.73 Å². The van der Waals surface area contributed by atoms with Gasteiger partial charge in [0.25, 0.3) is 0 Å². The Hall–Kier alpha value is -2.16. The Bertz CT molecular complexity index is 495. The van der Waals surface area contributed by atoms with Gasteiger partial charge in [-0.05, 0) is 11.6 Å². The summed E-state index contributed by atoms with van der Waals surface area (Å²) in [7, 11) is 0. The molecule has 0 unspecified atom stereocenters. The molecular weight excluding hydrogens is 202 g/mol. The second-order valence-electron chi connectivity index (χ2n) is 3.71. The highest BCUT2D eigenvalue weighted by atomic mass is 16.3. The molecule has 3 nitrogen and oxygen atoms in total. The average molecular weight is 215 g/mol. The van der Waals surface area contributed by atoms with Crippen molar-refractivity contribution in [3.05, 3.63) is 53.6 Å². The van der Waals surface area contributed by atoms with E-state index in [1.807, 2.05) is 30.3 Å². The van der Waals surface area contributed by atoms with Crippen LogP contribution in [0.2, 0.25) is 0 Å². The molecule has 0 bridgehead atoms. The molecule has 4 N–H and O–H groups in total. The summed E-state index contributed by atoms with van der Waals surface area (Å²) in [4.78, 5) is 0. The maximum Gasteiger partial charge on any atom is 0.142 e. The van der Waals surface area contributed by atoms with Crippen LogP contribution in [-0.4, -0.2) is 10.2 Å². The van der Waals surface area contributed by atoms with Gasteiger partial charge in [0, 0.05) is 18.1 Å². The molecule has 0 spiro atoms. The Labute approximate surface area is 93.8 Å². The molecule has 0 amide bonds. The van der Waals surface area contributed by atoms with Gasteiger partial charge in [0.05, 0.1) is 5.69 Å². The summed E-state index contributed by atoms with van der Waals surface area (Å²) in [6.45, 7) is 0. The van der Waals surface area contributed by atoms with E-state index >= 15 is 0 Å². The molecule has 2 rings (SSSR count). The Balaban J connectivity index is 2.35. The van der Waals surface area contributed by atoms with E-state index in [0.717, 1.165) is 5.56 Å². The maximum atomic E-state index is 9.75. The van der Waals surface area contributed by atoms with Crippen LogP contribution in [0.5, 0.6) is 11.5 Å². The monoisotopic (exact) mass is 215 g/mol. The number of phenolic OH excluding ortho intramolecular Hbond substituents is 2. The predicted octanol–water partition coefficient (Wildman–Crippen LogP) is 2.27. The Morgan fingerprint density at radius 3 is 2.38 bits per heavy atom. The minimum atomic E-state index is 0.0432. The Morgan fingerprint density at radius 2 is 1.69 bits per heavy atom. The number of hydrogen-bond donors (Lipinski definition) is 3. The summed E-state index contributed by atoms with van der Waals surface area (Å²) in [6.07, 6.45) is 0.547. The maximum absolute atomic E-state index is 9.75. The second kappa shape index (κ2) is 4.14. The van der Waals surface area contributed by atoms with Crippen LogP contribution in [0.4, 0.5) is 5.69 Å². The first kappa shape index (κ1) is 10.4. The molecule has 0 aromatic heterocycles. The largest absolute Gasteiger partial charge is 0.508 e. The first-order valence-electron chi connectivity index (χ1n) is 5.01. The molecule has 0 heterocycles. The van der Waals surface area contributed by atoms with Gasteiger partial charge < -0.3 is 15.9 Å². The third-order valence-electron chi connectivity index (χ3n) is 2.44.